The van der Waals surface area contributed by atoms with Crippen LogP contribution < -0.4 is 10.1 Å². The highest BCUT2D eigenvalue weighted by molar-refractivity contribution is 6.30. The number of anilines is 1. The molecule has 2 aromatic carbocycles. The lowest BCUT2D eigenvalue weighted by molar-refractivity contribution is -0.123. The summed E-state index contributed by atoms with van der Waals surface area (Å²) < 4.78 is 23.7. The highest BCUT2D eigenvalue weighted by Crippen LogP contribution is 2.18. The van der Waals surface area contributed by atoms with Gasteiger partial charge in [-0.25, -0.2) is 9.18 Å². The maximum atomic E-state index is 13.8. The second kappa shape index (κ2) is 7.79. The molecule has 1 amide bonds. The van der Waals surface area contributed by atoms with Crippen molar-refractivity contribution in [1.82, 2.24) is 0 Å². The minimum Gasteiger partial charge on any atom is -0.497 e. The van der Waals surface area contributed by atoms with Gasteiger partial charge in [0.05, 0.1) is 12.7 Å². The quantitative estimate of drug-likeness (QED) is 0.835. The Morgan fingerprint density at radius 2 is 1.96 bits per heavy atom. The Bertz CT molecular complexity index is 766. The number of carbonyl (C=O) groups is 2. The zero-order valence-electron chi connectivity index (χ0n) is 13.0. The normalized spacial score (nSPS) is 11.5. The van der Waals surface area contributed by atoms with Gasteiger partial charge in [-0.2, -0.15) is 0 Å². The van der Waals surface area contributed by atoms with Crippen molar-refractivity contribution in [1.29, 1.82) is 0 Å². The number of ether oxygens (including phenoxy) is 2. The monoisotopic (exact) mass is 351 g/mol. The van der Waals surface area contributed by atoms with Crippen LogP contribution in [0.5, 0.6) is 5.75 Å². The Balaban J connectivity index is 2.01. The second-order valence-electron chi connectivity index (χ2n) is 4.89. The topological polar surface area (TPSA) is 64.6 Å². The molecule has 0 unspecified atom stereocenters. The molecule has 1 N–H and O–H groups in total. The summed E-state index contributed by atoms with van der Waals surface area (Å²) in [4.78, 5) is 24.0. The van der Waals surface area contributed by atoms with Crippen LogP contribution in [0.15, 0.2) is 42.5 Å². The summed E-state index contributed by atoms with van der Waals surface area (Å²) >= 11 is 5.83. The fourth-order valence-corrected chi connectivity index (χ4v) is 2.07. The van der Waals surface area contributed by atoms with Gasteiger partial charge in [0.2, 0.25) is 0 Å². The lowest BCUT2D eigenvalue weighted by Crippen LogP contribution is -2.30. The lowest BCUT2D eigenvalue weighted by Gasteiger charge is -2.14. The predicted octanol–water partition coefficient (Wildman–Crippen LogP) is 3.67. The summed E-state index contributed by atoms with van der Waals surface area (Å²) in [5, 5.41) is 3.01. The summed E-state index contributed by atoms with van der Waals surface area (Å²) in [5.74, 6) is -2.01. The van der Waals surface area contributed by atoms with E-state index in [9.17, 15) is 14.0 Å². The van der Waals surface area contributed by atoms with Crippen molar-refractivity contribution in [3.63, 3.8) is 0 Å². The number of halogens is 2. The molecule has 7 heteroatoms. The number of carbonyl (C=O) groups excluding carboxylic acids is 2. The molecular formula is C17H15ClFNO4. The number of esters is 1. The van der Waals surface area contributed by atoms with Crippen LogP contribution in [0, 0.1) is 5.82 Å². The molecule has 0 fully saturated rings. The Morgan fingerprint density at radius 3 is 2.58 bits per heavy atom. The van der Waals surface area contributed by atoms with Gasteiger partial charge in [0.1, 0.15) is 11.6 Å². The van der Waals surface area contributed by atoms with Gasteiger partial charge in [0, 0.05) is 16.8 Å². The van der Waals surface area contributed by atoms with Crippen LogP contribution in [0.2, 0.25) is 5.02 Å². The Hall–Kier alpha value is -2.60. The minimum atomic E-state index is -1.11. The van der Waals surface area contributed by atoms with Gasteiger partial charge >= 0.3 is 5.97 Å². The molecule has 0 saturated carbocycles. The lowest BCUT2D eigenvalue weighted by atomic mass is 10.2. The maximum Gasteiger partial charge on any atom is 0.341 e. The molecule has 0 aliphatic heterocycles. The molecule has 126 valence electrons. The zero-order chi connectivity index (χ0) is 17.7. The first-order valence-corrected chi connectivity index (χ1v) is 7.39. The Labute approximate surface area is 143 Å². The van der Waals surface area contributed by atoms with Crippen molar-refractivity contribution >= 4 is 29.2 Å². The first-order valence-electron chi connectivity index (χ1n) is 7.01. The van der Waals surface area contributed by atoms with Gasteiger partial charge in [-0.05, 0) is 37.3 Å². The highest BCUT2D eigenvalue weighted by Gasteiger charge is 2.21. The standard InChI is InChI=1S/C17H15ClFNO4/c1-10(16(21)20-12-5-3-4-11(18)8-12)24-17(22)14-7-6-13(23-2)9-15(14)19/h3-10H,1-2H3,(H,20,21)/t10-/m0/s1. The SMILES string of the molecule is COc1ccc(C(=O)O[C@@H](C)C(=O)Nc2cccc(Cl)c2)c(F)c1. The van der Waals surface area contributed by atoms with Gasteiger partial charge in [-0.1, -0.05) is 17.7 Å². The molecular weight excluding hydrogens is 337 g/mol. The third-order valence-corrected chi connectivity index (χ3v) is 3.38. The third kappa shape index (κ3) is 4.45. The van der Waals surface area contributed by atoms with Crippen LogP contribution in [-0.4, -0.2) is 25.1 Å². The fraction of sp³-hybridized carbons (Fsp3) is 0.176. The van der Waals surface area contributed by atoms with Crippen molar-refractivity contribution in [3.8, 4) is 5.75 Å². The summed E-state index contributed by atoms with van der Waals surface area (Å²) in [5.41, 5.74) is 0.184. The minimum absolute atomic E-state index is 0.274. The van der Waals surface area contributed by atoms with E-state index in [1.54, 1.807) is 24.3 Å². The first kappa shape index (κ1) is 17.7. The van der Waals surface area contributed by atoms with Gasteiger partial charge < -0.3 is 14.8 Å². The molecule has 0 spiro atoms. The average molecular weight is 352 g/mol. The molecule has 0 aliphatic rings. The number of amides is 1. The molecule has 2 aromatic rings. The molecule has 5 nitrogen and oxygen atoms in total. The number of methoxy groups -OCH3 is 1. The first-order chi connectivity index (χ1) is 11.4. The second-order valence-corrected chi connectivity index (χ2v) is 5.33. The van der Waals surface area contributed by atoms with E-state index in [4.69, 9.17) is 21.1 Å². The summed E-state index contributed by atoms with van der Waals surface area (Å²) in [6.45, 7) is 1.39. The van der Waals surface area contributed by atoms with E-state index in [0.29, 0.717) is 10.7 Å². The third-order valence-electron chi connectivity index (χ3n) is 3.14. The molecule has 0 heterocycles. The van der Waals surface area contributed by atoms with E-state index >= 15 is 0 Å². The molecule has 1 atom stereocenters. The van der Waals surface area contributed by atoms with Gasteiger partial charge in [0.15, 0.2) is 6.10 Å². The van der Waals surface area contributed by atoms with E-state index in [1.807, 2.05) is 0 Å². The van der Waals surface area contributed by atoms with E-state index in [-0.39, 0.29) is 11.3 Å². The van der Waals surface area contributed by atoms with Crippen molar-refractivity contribution < 1.29 is 23.5 Å². The Morgan fingerprint density at radius 1 is 1.21 bits per heavy atom. The zero-order valence-corrected chi connectivity index (χ0v) is 13.8. The number of hydrogen-bond acceptors (Lipinski definition) is 4. The number of hydrogen-bond donors (Lipinski definition) is 1. The predicted molar refractivity (Wildman–Crippen MR) is 87.9 cm³/mol. The van der Waals surface area contributed by atoms with Crippen LogP contribution in [0.1, 0.15) is 17.3 Å². The van der Waals surface area contributed by atoms with Crippen molar-refractivity contribution in [3.05, 3.63) is 58.9 Å². The molecule has 0 radical (unpaired) electrons. The van der Waals surface area contributed by atoms with E-state index in [1.165, 1.54) is 26.2 Å². The summed E-state index contributed by atoms with van der Waals surface area (Å²) in [7, 11) is 1.38. The molecule has 0 aliphatic carbocycles. The molecule has 24 heavy (non-hydrogen) atoms. The van der Waals surface area contributed by atoms with Crippen molar-refractivity contribution in [2.24, 2.45) is 0 Å². The van der Waals surface area contributed by atoms with Crippen LogP contribution in [-0.2, 0) is 9.53 Å². The van der Waals surface area contributed by atoms with E-state index < -0.39 is 23.8 Å². The fourth-order valence-electron chi connectivity index (χ4n) is 1.88. The summed E-state index contributed by atoms with van der Waals surface area (Å²) in [6, 6.07) is 10.2. The maximum absolute atomic E-state index is 13.8. The van der Waals surface area contributed by atoms with Crippen LogP contribution in [0.25, 0.3) is 0 Å². The molecule has 0 saturated heterocycles. The van der Waals surface area contributed by atoms with Crippen molar-refractivity contribution in [2.75, 3.05) is 12.4 Å². The largest absolute Gasteiger partial charge is 0.497 e. The van der Waals surface area contributed by atoms with Crippen LogP contribution in [0.4, 0.5) is 10.1 Å². The molecule has 2 rings (SSSR count). The van der Waals surface area contributed by atoms with Crippen LogP contribution in [0.3, 0.4) is 0 Å². The smallest absolute Gasteiger partial charge is 0.341 e. The van der Waals surface area contributed by atoms with Gasteiger partial charge in [-0.15, -0.1) is 0 Å². The van der Waals surface area contributed by atoms with Crippen LogP contribution >= 0.6 is 11.6 Å². The van der Waals surface area contributed by atoms with Gasteiger partial charge in [-0.3, -0.25) is 4.79 Å². The van der Waals surface area contributed by atoms with E-state index in [2.05, 4.69) is 5.32 Å². The number of rotatable bonds is 5. The number of benzene rings is 2. The van der Waals surface area contributed by atoms with Crippen molar-refractivity contribution in [2.45, 2.75) is 13.0 Å². The molecule has 0 bridgehead atoms. The highest BCUT2D eigenvalue weighted by atomic mass is 35.5. The number of nitrogens with one attached hydrogen (secondary N) is 1. The van der Waals surface area contributed by atoms with Gasteiger partial charge in [0.25, 0.3) is 5.91 Å². The molecule has 0 aromatic heterocycles. The Kier molecular flexibility index (Phi) is 5.76. The van der Waals surface area contributed by atoms with E-state index in [0.717, 1.165) is 6.07 Å². The summed E-state index contributed by atoms with van der Waals surface area (Å²) in [6.07, 6.45) is -1.11. The average Bonchev–Trinajstić information content (AvgIpc) is 2.54.